The second kappa shape index (κ2) is 9.27. The predicted molar refractivity (Wildman–Crippen MR) is 119 cm³/mol. The van der Waals surface area contributed by atoms with E-state index in [0.29, 0.717) is 16.7 Å². The minimum Gasteiger partial charge on any atom is -0.173 e. The van der Waals surface area contributed by atoms with E-state index in [9.17, 15) is 22.0 Å². The van der Waals surface area contributed by atoms with Crippen molar-refractivity contribution in [3.8, 4) is 0 Å². The van der Waals surface area contributed by atoms with Crippen molar-refractivity contribution in [3.05, 3.63) is 113 Å². The molecule has 32 heavy (non-hydrogen) atoms. The fourth-order valence-electron chi connectivity index (χ4n) is 3.72. The maximum atomic E-state index is 14.1. The van der Waals surface area contributed by atoms with Gasteiger partial charge in [-0.05, 0) is 40.2 Å². The lowest BCUT2D eigenvalue weighted by Crippen LogP contribution is -2.11. The Morgan fingerprint density at radius 3 is 1.84 bits per heavy atom. The van der Waals surface area contributed by atoms with Crippen LogP contribution in [0.4, 0.5) is 22.0 Å². The van der Waals surface area contributed by atoms with Crippen molar-refractivity contribution in [1.29, 1.82) is 0 Å². The van der Waals surface area contributed by atoms with E-state index >= 15 is 0 Å². The molecular formula is C27H25F5. The van der Waals surface area contributed by atoms with Crippen LogP contribution in [0.25, 0.3) is 5.57 Å². The molecular weight excluding hydrogens is 419 g/mol. The van der Waals surface area contributed by atoms with Crippen molar-refractivity contribution >= 4 is 5.57 Å². The largest absolute Gasteiger partial charge is 0.416 e. The summed E-state index contributed by atoms with van der Waals surface area (Å²) in [5.41, 5.74) is 1.31. The lowest BCUT2D eigenvalue weighted by molar-refractivity contribution is -0.137. The Labute approximate surface area is 185 Å². The van der Waals surface area contributed by atoms with Crippen LogP contribution in [-0.2, 0) is 11.6 Å². The first-order valence-electron chi connectivity index (χ1n) is 10.3. The van der Waals surface area contributed by atoms with Gasteiger partial charge in [0.15, 0.2) is 0 Å². The first-order valence-corrected chi connectivity index (χ1v) is 10.3. The molecule has 0 N–H and O–H groups in total. The topological polar surface area (TPSA) is 0 Å². The van der Waals surface area contributed by atoms with Crippen LogP contribution in [0.15, 0.2) is 84.9 Å². The highest BCUT2D eigenvalue weighted by atomic mass is 19.4. The van der Waals surface area contributed by atoms with Gasteiger partial charge < -0.3 is 0 Å². The van der Waals surface area contributed by atoms with Gasteiger partial charge in [0.1, 0.15) is 0 Å². The van der Waals surface area contributed by atoms with Crippen LogP contribution >= 0.6 is 0 Å². The fourth-order valence-corrected chi connectivity index (χ4v) is 3.72. The lowest BCUT2D eigenvalue weighted by atomic mass is 9.82. The van der Waals surface area contributed by atoms with E-state index in [2.05, 4.69) is 0 Å². The van der Waals surface area contributed by atoms with E-state index in [0.717, 1.165) is 17.7 Å². The molecule has 0 fully saturated rings. The van der Waals surface area contributed by atoms with Gasteiger partial charge in [-0.1, -0.05) is 93.6 Å². The van der Waals surface area contributed by atoms with E-state index in [-0.39, 0.29) is 17.4 Å². The SMILES string of the molecule is CC(C)(C)c1ccc(C(CC(c2ccccc2)c2cccc(C(F)(F)F)c2)=C(F)F)cc1. The summed E-state index contributed by atoms with van der Waals surface area (Å²) in [6, 6.07) is 20.7. The van der Waals surface area contributed by atoms with Crippen molar-refractivity contribution in [2.24, 2.45) is 0 Å². The zero-order valence-corrected chi connectivity index (χ0v) is 18.2. The Kier molecular flexibility index (Phi) is 6.87. The van der Waals surface area contributed by atoms with E-state index in [1.807, 2.05) is 32.9 Å². The third-order valence-corrected chi connectivity index (χ3v) is 5.55. The molecule has 0 saturated carbocycles. The minimum absolute atomic E-state index is 0.122. The highest BCUT2D eigenvalue weighted by molar-refractivity contribution is 5.68. The van der Waals surface area contributed by atoms with Crippen molar-refractivity contribution in [3.63, 3.8) is 0 Å². The van der Waals surface area contributed by atoms with Crippen LogP contribution in [0.3, 0.4) is 0 Å². The Hall–Kier alpha value is -2.95. The smallest absolute Gasteiger partial charge is 0.173 e. The summed E-state index contributed by atoms with van der Waals surface area (Å²) in [7, 11) is 0. The van der Waals surface area contributed by atoms with Crippen LogP contribution in [0.2, 0.25) is 0 Å². The standard InChI is InChI=1S/C27H25F5/c1-26(2,3)21-14-12-19(13-15-21)24(25(28)29)17-23(18-8-5-4-6-9-18)20-10-7-11-22(16-20)27(30,31)32/h4-16,23H,17H2,1-3H3. The molecule has 0 amide bonds. The van der Waals surface area contributed by atoms with Gasteiger partial charge in [0.25, 0.3) is 6.08 Å². The molecule has 0 nitrogen and oxygen atoms in total. The molecule has 1 atom stereocenters. The Morgan fingerprint density at radius 2 is 1.31 bits per heavy atom. The van der Waals surface area contributed by atoms with E-state index in [1.54, 1.807) is 48.5 Å². The van der Waals surface area contributed by atoms with Crippen molar-refractivity contribution in [2.75, 3.05) is 0 Å². The molecule has 0 spiro atoms. The molecule has 1 unspecified atom stereocenters. The quantitative estimate of drug-likeness (QED) is 0.345. The molecule has 0 aliphatic rings. The molecule has 0 aliphatic heterocycles. The Bertz CT molecular complexity index is 1070. The number of hydrogen-bond donors (Lipinski definition) is 0. The van der Waals surface area contributed by atoms with Gasteiger partial charge in [-0.3, -0.25) is 0 Å². The lowest BCUT2D eigenvalue weighted by Gasteiger charge is -2.22. The van der Waals surface area contributed by atoms with Gasteiger partial charge >= 0.3 is 6.18 Å². The second-order valence-corrected chi connectivity index (χ2v) is 8.86. The average molecular weight is 444 g/mol. The molecule has 168 valence electrons. The Morgan fingerprint density at radius 1 is 0.719 bits per heavy atom. The van der Waals surface area contributed by atoms with E-state index < -0.39 is 23.7 Å². The first kappa shape index (κ1) is 23.7. The number of benzene rings is 3. The molecule has 0 aliphatic carbocycles. The van der Waals surface area contributed by atoms with Gasteiger partial charge in [-0.2, -0.15) is 22.0 Å². The summed E-state index contributed by atoms with van der Waals surface area (Å²) in [5, 5.41) is 0. The normalized spacial score (nSPS) is 13.0. The zero-order chi connectivity index (χ0) is 23.5. The summed E-state index contributed by atoms with van der Waals surface area (Å²) in [6.07, 6.45) is -6.46. The number of alkyl halides is 3. The number of halogens is 5. The van der Waals surface area contributed by atoms with Crippen LogP contribution in [0.1, 0.15) is 60.9 Å². The molecule has 0 saturated heterocycles. The summed E-state index contributed by atoms with van der Waals surface area (Å²) in [5.74, 6) is -0.655. The predicted octanol–water partition coefficient (Wildman–Crippen LogP) is 8.83. The zero-order valence-electron chi connectivity index (χ0n) is 18.2. The highest BCUT2D eigenvalue weighted by Gasteiger charge is 2.31. The molecule has 3 rings (SSSR count). The van der Waals surface area contributed by atoms with Crippen LogP contribution in [-0.4, -0.2) is 0 Å². The summed E-state index contributed by atoms with van der Waals surface area (Å²) < 4.78 is 68.0. The first-order chi connectivity index (χ1) is 15.0. The van der Waals surface area contributed by atoms with E-state index in [1.165, 1.54) is 6.07 Å². The number of hydrogen-bond acceptors (Lipinski definition) is 0. The maximum Gasteiger partial charge on any atom is 0.416 e. The second-order valence-electron chi connectivity index (χ2n) is 8.86. The van der Waals surface area contributed by atoms with Crippen LogP contribution in [0, 0.1) is 0 Å². The number of rotatable bonds is 5. The van der Waals surface area contributed by atoms with Crippen molar-refractivity contribution < 1.29 is 22.0 Å². The average Bonchev–Trinajstić information content (AvgIpc) is 2.74. The third-order valence-electron chi connectivity index (χ3n) is 5.55. The third kappa shape index (κ3) is 5.64. The molecule has 0 aromatic heterocycles. The summed E-state index contributed by atoms with van der Waals surface area (Å²) in [6.45, 7) is 6.11. The summed E-state index contributed by atoms with van der Waals surface area (Å²) in [4.78, 5) is 0. The van der Waals surface area contributed by atoms with Gasteiger partial charge in [0, 0.05) is 11.5 Å². The molecule has 3 aromatic rings. The minimum atomic E-state index is -4.51. The molecule has 5 heteroatoms. The molecule has 0 radical (unpaired) electrons. The fraction of sp³-hybridized carbons (Fsp3) is 0.259. The van der Waals surface area contributed by atoms with E-state index in [4.69, 9.17) is 0 Å². The Balaban J connectivity index is 2.05. The van der Waals surface area contributed by atoms with Crippen molar-refractivity contribution in [2.45, 2.75) is 44.7 Å². The number of allylic oxidation sites excluding steroid dienone is 1. The summed E-state index contributed by atoms with van der Waals surface area (Å²) >= 11 is 0. The highest BCUT2D eigenvalue weighted by Crippen LogP contribution is 2.39. The molecule has 3 aromatic carbocycles. The van der Waals surface area contributed by atoms with Gasteiger partial charge in [0.2, 0.25) is 0 Å². The molecule has 0 bridgehead atoms. The van der Waals surface area contributed by atoms with Gasteiger partial charge in [0.05, 0.1) is 5.56 Å². The van der Waals surface area contributed by atoms with Crippen LogP contribution < -0.4 is 0 Å². The van der Waals surface area contributed by atoms with Gasteiger partial charge in [-0.25, -0.2) is 0 Å². The monoisotopic (exact) mass is 444 g/mol. The van der Waals surface area contributed by atoms with Crippen LogP contribution in [0.5, 0.6) is 0 Å². The van der Waals surface area contributed by atoms with Crippen molar-refractivity contribution in [1.82, 2.24) is 0 Å². The maximum absolute atomic E-state index is 14.1. The van der Waals surface area contributed by atoms with Gasteiger partial charge in [-0.15, -0.1) is 0 Å². The molecule has 0 heterocycles.